The number of aliphatic imine (C=N–C) groups is 1. The molecule has 160 valence electrons. The summed E-state index contributed by atoms with van der Waals surface area (Å²) >= 11 is 0. The van der Waals surface area contributed by atoms with E-state index < -0.39 is 5.91 Å². The summed E-state index contributed by atoms with van der Waals surface area (Å²) < 4.78 is 10.5. The summed E-state index contributed by atoms with van der Waals surface area (Å²) in [6, 6.07) is 23.6. The standard InChI is InChI=1S/C26H22N2O4/c1-31-19-10-7-9-18(15-19)27-16-22-20-11-4-3-8-17(20)14-21(25(22)29)26(30)28-23-12-5-6-13-24(23)32-2/h3-16,29H,1-2H3,(H,28,30). The van der Waals surface area contributed by atoms with Gasteiger partial charge in [0, 0.05) is 17.8 Å². The third-order valence-corrected chi connectivity index (χ3v) is 5.06. The molecule has 0 radical (unpaired) electrons. The molecule has 1 amide bonds. The van der Waals surface area contributed by atoms with E-state index in [2.05, 4.69) is 10.3 Å². The number of ether oxygens (including phenoxy) is 2. The van der Waals surface area contributed by atoms with Gasteiger partial charge < -0.3 is 19.9 Å². The van der Waals surface area contributed by atoms with Gasteiger partial charge in [-0.3, -0.25) is 9.79 Å². The summed E-state index contributed by atoms with van der Waals surface area (Å²) in [6.07, 6.45) is 1.56. The van der Waals surface area contributed by atoms with Crippen LogP contribution in [0.25, 0.3) is 10.8 Å². The number of nitrogens with one attached hydrogen (secondary N) is 1. The van der Waals surface area contributed by atoms with E-state index in [9.17, 15) is 9.90 Å². The van der Waals surface area contributed by atoms with Crippen molar-refractivity contribution < 1.29 is 19.4 Å². The first-order valence-electron chi connectivity index (χ1n) is 9.98. The lowest BCUT2D eigenvalue weighted by Crippen LogP contribution is -2.13. The Labute approximate surface area is 185 Å². The van der Waals surface area contributed by atoms with Crippen LogP contribution in [0.2, 0.25) is 0 Å². The lowest BCUT2D eigenvalue weighted by molar-refractivity contribution is 0.102. The second kappa shape index (κ2) is 9.22. The number of benzene rings is 4. The van der Waals surface area contributed by atoms with Gasteiger partial charge in [0.1, 0.15) is 17.2 Å². The molecule has 4 rings (SSSR count). The maximum Gasteiger partial charge on any atom is 0.259 e. The normalized spacial score (nSPS) is 10.9. The number of amides is 1. The van der Waals surface area contributed by atoms with Gasteiger partial charge in [0.05, 0.1) is 31.2 Å². The molecule has 0 spiro atoms. The molecule has 0 aliphatic carbocycles. The van der Waals surface area contributed by atoms with Crippen LogP contribution in [0.1, 0.15) is 15.9 Å². The van der Waals surface area contributed by atoms with Crippen molar-refractivity contribution in [3.8, 4) is 17.2 Å². The fourth-order valence-electron chi connectivity index (χ4n) is 3.44. The van der Waals surface area contributed by atoms with E-state index in [1.165, 1.54) is 7.11 Å². The minimum absolute atomic E-state index is 0.140. The molecule has 4 aromatic rings. The highest BCUT2D eigenvalue weighted by atomic mass is 16.5. The topological polar surface area (TPSA) is 80.2 Å². The second-order valence-electron chi connectivity index (χ2n) is 7.02. The van der Waals surface area contributed by atoms with Crippen LogP contribution < -0.4 is 14.8 Å². The number of rotatable bonds is 6. The highest BCUT2D eigenvalue weighted by Crippen LogP contribution is 2.32. The van der Waals surface area contributed by atoms with Gasteiger partial charge in [-0.2, -0.15) is 0 Å². The van der Waals surface area contributed by atoms with E-state index in [0.29, 0.717) is 28.4 Å². The summed E-state index contributed by atoms with van der Waals surface area (Å²) in [4.78, 5) is 17.6. The second-order valence-corrected chi connectivity index (χ2v) is 7.02. The van der Waals surface area contributed by atoms with Crippen LogP contribution in [0.3, 0.4) is 0 Å². The van der Waals surface area contributed by atoms with Gasteiger partial charge in [0.2, 0.25) is 0 Å². The van der Waals surface area contributed by atoms with E-state index >= 15 is 0 Å². The molecule has 32 heavy (non-hydrogen) atoms. The third-order valence-electron chi connectivity index (χ3n) is 5.06. The van der Waals surface area contributed by atoms with Crippen molar-refractivity contribution in [2.75, 3.05) is 19.5 Å². The van der Waals surface area contributed by atoms with Gasteiger partial charge in [-0.05, 0) is 41.1 Å². The average molecular weight is 426 g/mol. The van der Waals surface area contributed by atoms with E-state index in [0.717, 1.165) is 10.8 Å². The van der Waals surface area contributed by atoms with Crippen molar-refractivity contribution in [3.63, 3.8) is 0 Å². The van der Waals surface area contributed by atoms with Crippen LogP contribution in [0.15, 0.2) is 83.9 Å². The molecule has 0 saturated carbocycles. The van der Waals surface area contributed by atoms with Crippen LogP contribution in [0, 0.1) is 0 Å². The quantitative estimate of drug-likeness (QED) is 0.395. The summed E-state index contributed by atoms with van der Waals surface area (Å²) in [6.45, 7) is 0. The summed E-state index contributed by atoms with van der Waals surface area (Å²) in [5.41, 5.74) is 1.77. The SMILES string of the molecule is COc1cccc(N=Cc2c(O)c(C(=O)Nc3ccccc3OC)cc3ccccc23)c1. The Balaban J connectivity index is 1.77. The predicted molar refractivity (Wildman–Crippen MR) is 127 cm³/mol. The smallest absolute Gasteiger partial charge is 0.259 e. The summed E-state index contributed by atoms with van der Waals surface area (Å²) in [5.74, 6) is 0.608. The minimum Gasteiger partial charge on any atom is -0.506 e. The molecule has 4 aromatic carbocycles. The maximum atomic E-state index is 13.1. The highest BCUT2D eigenvalue weighted by molar-refractivity contribution is 6.13. The Kier molecular flexibility index (Phi) is 6.03. The molecule has 0 aliphatic rings. The van der Waals surface area contributed by atoms with Crippen molar-refractivity contribution in [2.24, 2.45) is 4.99 Å². The van der Waals surface area contributed by atoms with Crippen LogP contribution in [-0.2, 0) is 0 Å². The number of hydrogen-bond donors (Lipinski definition) is 2. The number of phenols is 1. The maximum absolute atomic E-state index is 13.1. The number of phenolic OH excluding ortho intramolecular Hbond substituents is 1. The van der Waals surface area contributed by atoms with Gasteiger partial charge >= 0.3 is 0 Å². The molecule has 6 nitrogen and oxygen atoms in total. The Morgan fingerprint density at radius 1 is 0.938 bits per heavy atom. The molecule has 0 bridgehead atoms. The molecule has 0 saturated heterocycles. The number of para-hydroxylation sites is 2. The molecule has 0 unspecified atom stereocenters. The number of methoxy groups -OCH3 is 2. The molecule has 0 aromatic heterocycles. The Morgan fingerprint density at radius 2 is 1.72 bits per heavy atom. The number of aromatic hydroxyl groups is 1. The average Bonchev–Trinajstić information content (AvgIpc) is 2.83. The number of fused-ring (bicyclic) bond motifs is 1. The van der Waals surface area contributed by atoms with Crippen LogP contribution >= 0.6 is 0 Å². The van der Waals surface area contributed by atoms with Crippen LogP contribution in [-0.4, -0.2) is 31.4 Å². The summed E-state index contributed by atoms with van der Waals surface area (Å²) in [7, 11) is 3.12. The van der Waals surface area contributed by atoms with Crippen molar-refractivity contribution in [1.29, 1.82) is 0 Å². The monoisotopic (exact) mass is 426 g/mol. The van der Waals surface area contributed by atoms with Gasteiger partial charge in [-0.1, -0.05) is 42.5 Å². The fraction of sp³-hybridized carbons (Fsp3) is 0.0769. The minimum atomic E-state index is -0.450. The van der Waals surface area contributed by atoms with Crippen molar-refractivity contribution in [3.05, 3.63) is 90.0 Å². The number of carbonyl (C=O) groups is 1. The van der Waals surface area contributed by atoms with Gasteiger partial charge in [-0.15, -0.1) is 0 Å². The highest BCUT2D eigenvalue weighted by Gasteiger charge is 2.18. The molecule has 0 atom stereocenters. The van der Waals surface area contributed by atoms with E-state index in [4.69, 9.17) is 9.47 Å². The molecule has 6 heteroatoms. The molecule has 2 N–H and O–H groups in total. The van der Waals surface area contributed by atoms with Crippen molar-refractivity contribution in [2.45, 2.75) is 0 Å². The Bertz CT molecular complexity index is 1310. The zero-order valence-corrected chi connectivity index (χ0v) is 17.7. The van der Waals surface area contributed by atoms with E-state index in [1.54, 1.807) is 43.7 Å². The molecule has 0 heterocycles. The summed E-state index contributed by atoms with van der Waals surface area (Å²) in [5, 5.41) is 15.4. The van der Waals surface area contributed by atoms with Gasteiger partial charge in [0.25, 0.3) is 5.91 Å². The zero-order chi connectivity index (χ0) is 22.5. The Hall–Kier alpha value is -4.32. The first-order valence-corrected chi connectivity index (χ1v) is 9.98. The fourth-order valence-corrected chi connectivity index (χ4v) is 3.44. The largest absolute Gasteiger partial charge is 0.506 e. The number of anilines is 1. The lowest BCUT2D eigenvalue weighted by atomic mass is 9.99. The number of carbonyl (C=O) groups excluding carboxylic acids is 1. The molecule has 0 aliphatic heterocycles. The van der Waals surface area contributed by atoms with Crippen LogP contribution in [0.5, 0.6) is 17.2 Å². The first kappa shape index (κ1) is 20.9. The number of hydrogen-bond acceptors (Lipinski definition) is 5. The predicted octanol–water partition coefficient (Wildman–Crippen LogP) is 5.57. The molecular formula is C26H22N2O4. The first-order chi connectivity index (χ1) is 15.6. The number of nitrogens with zero attached hydrogens (tertiary/aromatic N) is 1. The molecule has 0 fully saturated rings. The zero-order valence-electron chi connectivity index (χ0n) is 17.7. The molecular weight excluding hydrogens is 404 g/mol. The van der Waals surface area contributed by atoms with Gasteiger partial charge in [-0.25, -0.2) is 0 Å². The lowest BCUT2D eigenvalue weighted by Gasteiger charge is -2.13. The van der Waals surface area contributed by atoms with E-state index in [-0.39, 0.29) is 11.3 Å². The third kappa shape index (κ3) is 4.25. The van der Waals surface area contributed by atoms with Crippen LogP contribution in [0.4, 0.5) is 11.4 Å². The van der Waals surface area contributed by atoms with Crippen molar-refractivity contribution >= 4 is 34.3 Å². The van der Waals surface area contributed by atoms with Crippen molar-refractivity contribution in [1.82, 2.24) is 0 Å². The van der Waals surface area contributed by atoms with E-state index in [1.807, 2.05) is 48.5 Å². The Morgan fingerprint density at radius 3 is 2.53 bits per heavy atom. The van der Waals surface area contributed by atoms with Gasteiger partial charge in [0.15, 0.2) is 0 Å².